The van der Waals surface area contributed by atoms with Crippen molar-refractivity contribution < 1.29 is 24.2 Å². The maximum absolute atomic E-state index is 12.1. The molecule has 112 valence electrons. The number of furan rings is 1. The molecule has 6 nitrogen and oxygen atoms in total. The summed E-state index contributed by atoms with van der Waals surface area (Å²) in [6.07, 6.45) is -0.0636. The third kappa shape index (κ3) is 3.25. The number of aliphatic hydroxyl groups is 1. The van der Waals surface area contributed by atoms with E-state index in [-0.39, 0.29) is 18.8 Å². The molecular weight excluding hydrogens is 342 g/mol. The van der Waals surface area contributed by atoms with Crippen molar-refractivity contribution >= 4 is 38.8 Å². The van der Waals surface area contributed by atoms with E-state index in [2.05, 4.69) is 21.2 Å². The molecule has 0 saturated heterocycles. The lowest BCUT2D eigenvalue weighted by atomic mass is 10.1. The molecule has 0 bridgehead atoms. The van der Waals surface area contributed by atoms with Crippen LogP contribution < -0.4 is 5.32 Å². The monoisotopic (exact) mass is 355 g/mol. The van der Waals surface area contributed by atoms with E-state index in [1.165, 1.54) is 0 Å². The number of aliphatic carboxylic acids is 1. The number of nitrogens with one attached hydrogen (secondary N) is 1. The Hall–Kier alpha value is -1.86. The molecule has 0 spiro atoms. The van der Waals surface area contributed by atoms with Gasteiger partial charge in [-0.1, -0.05) is 15.9 Å². The van der Waals surface area contributed by atoms with Crippen LogP contribution in [0, 0.1) is 6.92 Å². The highest BCUT2D eigenvalue weighted by Gasteiger charge is 2.24. The fraction of sp³-hybridized carbons (Fsp3) is 0.286. The largest absolute Gasteiger partial charge is 0.480 e. The van der Waals surface area contributed by atoms with Gasteiger partial charge in [-0.15, -0.1) is 0 Å². The van der Waals surface area contributed by atoms with Crippen LogP contribution in [0.3, 0.4) is 0 Å². The van der Waals surface area contributed by atoms with Crippen molar-refractivity contribution in [3.05, 3.63) is 34.0 Å². The maximum Gasteiger partial charge on any atom is 0.326 e. The van der Waals surface area contributed by atoms with Crippen molar-refractivity contribution in [2.45, 2.75) is 19.4 Å². The molecule has 1 heterocycles. The summed E-state index contributed by atoms with van der Waals surface area (Å²) in [6.45, 7) is 1.40. The maximum atomic E-state index is 12.1. The van der Waals surface area contributed by atoms with Gasteiger partial charge in [-0.05, 0) is 25.1 Å². The average molecular weight is 356 g/mol. The summed E-state index contributed by atoms with van der Waals surface area (Å²) < 4.78 is 6.34. The van der Waals surface area contributed by atoms with Gasteiger partial charge >= 0.3 is 5.97 Å². The molecule has 1 atom stereocenters. The second kappa shape index (κ2) is 6.28. The minimum Gasteiger partial charge on any atom is -0.480 e. The number of carbonyl (C=O) groups is 2. The van der Waals surface area contributed by atoms with Gasteiger partial charge in [-0.25, -0.2) is 4.79 Å². The molecule has 2 rings (SSSR count). The molecule has 0 aliphatic heterocycles. The minimum absolute atomic E-state index is 0.0636. The molecule has 0 fully saturated rings. The van der Waals surface area contributed by atoms with Gasteiger partial charge < -0.3 is 19.9 Å². The van der Waals surface area contributed by atoms with Gasteiger partial charge in [0.2, 0.25) is 0 Å². The molecule has 1 aromatic heterocycles. The van der Waals surface area contributed by atoms with Crippen LogP contribution in [-0.2, 0) is 4.79 Å². The number of aliphatic hydroxyl groups excluding tert-OH is 1. The fourth-order valence-electron chi connectivity index (χ4n) is 2.02. The van der Waals surface area contributed by atoms with Crippen molar-refractivity contribution in [3.63, 3.8) is 0 Å². The van der Waals surface area contributed by atoms with Crippen LogP contribution in [-0.4, -0.2) is 34.7 Å². The third-order valence-corrected chi connectivity index (χ3v) is 3.62. The van der Waals surface area contributed by atoms with Crippen LogP contribution in [0.4, 0.5) is 0 Å². The summed E-state index contributed by atoms with van der Waals surface area (Å²) >= 11 is 3.35. The predicted octanol–water partition coefficient (Wildman–Crippen LogP) is 2.07. The van der Waals surface area contributed by atoms with Crippen LogP contribution in [0.15, 0.2) is 27.1 Å². The Morgan fingerprint density at radius 1 is 1.43 bits per heavy atom. The van der Waals surface area contributed by atoms with Gasteiger partial charge in [0.05, 0.1) is 0 Å². The van der Waals surface area contributed by atoms with Crippen molar-refractivity contribution in [1.29, 1.82) is 0 Å². The summed E-state index contributed by atoms with van der Waals surface area (Å²) in [7, 11) is 0. The van der Waals surface area contributed by atoms with E-state index in [9.17, 15) is 9.59 Å². The van der Waals surface area contributed by atoms with E-state index in [1.807, 2.05) is 6.07 Å². The number of halogens is 1. The van der Waals surface area contributed by atoms with E-state index in [1.54, 1.807) is 19.1 Å². The minimum atomic E-state index is -1.20. The lowest BCUT2D eigenvalue weighted by Crippen LogP contribution is -2.41. The van der Waals surface area contributed by atoms with Crippen LogP contribution in [0.1, 0.15) is 22.5 Å². The van der Waals surface area contributed by atoms with E-state index in [4.69, 9.17) is 14.6 Å². The van der Waals surface area contributed by atoms with Gasteiger partial charge in [0.15, 0.2) is 5.76 Å². The fourth-order valence-corrected chi connectivity index (χ4v) is 2.38. The van der Waals surface area contributed by atoms with Crippen molar-refractivity contribution in [1.82, 2.24) is 5.32 Å². The summed E-state index contributed by atoms with van der Waals surface area (Å²) in [6, 6.07) is 4.19. The highest BCUT2D eigenvalue weighted by Crippen LogP contribution is 2.28. The standard InChI is InChI=1S/C14H14BrNO5/c1-7-9-6-8(15)2-3-11(9)21-12(7)13(18)16-10(4-5-17)14(19)20/h2-3,6,10,17H,4-5H2,1H3,(H,16,18)(H,19,20)/t10-/m0/s1. The van der Waals surface area contributed by atoms with Crippen LogP contribution in [0.2, 0.25) is 0 Å². The molecule has 0 aliphatic rings. The van der Waals surface area contributed by atoms with Crippen molar-refractivity contribution in [2.75, 3.05) is 6.61 Å². The number of carboxylic acids is 1. The van der Waals surface area contributed by atoms with E-state index in [0.29, 0.717) is 11.1 Å². The van der Waals surface area contributed by atoms with Gasteiger partial charge in [-0.3, -0.25) is 4.79 Å². The number of carboxylic acid groups (broad SMARTS) is 1. The SMILES string of the molecule is Cc1c(C(=O)N[C@@H](CCO)C(=O)O)oc2ccc(Br)cc12. The summed E-state index contributed by atoms with van der Waals surface area (Å²) in [5, 5.41) is 20.9. The highest BCUT2D eigenvalue weighted by atomic mass is 79.9. The number of amides is 1. The second-order valence-electron chi connectivity index (χ2n) is 4.57. The Balaban J connectivity index is 2.31. The van der Waals surface area contributed by atoms with Crippen molar-refractivity contribution in [2.24, 2.45) is 0 Å². The smallest absolute Gasteiger partial charge is 0.326 e. The molecule has 3 N–H and O–H groups in total. The van der Waals surface area contributed by atoms with E-state index >= 15 is 0 Å². The highest BCUT2D eigenvalue weighted by molar-refractivity contribution is 9.10. The number of aryl methyl sites for hydroxylation is 1. The zero-order valence-corrected chi connectivity index (χ0v) is 12.8. The number of benzene rings is 1. The Bertz CT molecular complexity index is 694. The molecule has 0 unspecified atom stereocenters. The van der Waals surface area contributed by atoms with Crippen LogP contribution in [0.25, 0.3) is 11.0 Å². The van der Waals surface area contributed by atoms with E-state index < -0.39 is 17.9 Å². The molecule has 0 saturated carbocycles. The quantitative estimate of drug-likeness (QED) is 0.762. The number of carbonyl (C=O) groups excluding carboxylic acids is 1. The number of hydrogen-bond donors (Lipinski definition) is 3. The van der Waals surface area contributed by atoms with Crippen LogP contribution >= 0.6 is 15.9 Å². The van der Waals surface area contributed by atoms with Crippen molar-refractivity contribution in [3.8, 4) is 0 Å². The molecule has 0 aliphatic carbocycles. The summed E-state index contributed by atoms with van der Waals surface area (Å²) in [4.78, 5) is 23.1. The number of rotatable bonds is 5. The average Bonchev–Trinajstić information content (AvgIpc) is 2.75. The summed E-state index contributed by atoms with van der Waals surface area (Å²) in [5.74, 6) is -1.73. The first-order valence-corrected chi connectivity index (χ1v) is 7.06. The third-order valence-electron chi connectivity index (χ3n) is 3.13. The first-order chi connectivity index (χ1) is 9.93. The first-order valence-electron chi connectivity index (χ1n) is 6.27. The topological polar surface area (TPSA) is 99.8 Å². The Kier molecular flexibility index (Phi) is 4.64. The Morgan fingerprint density at radius 3 is 2.76 bits per heavy atom. The molecule has 0 radical (unpaired) electrons. The second-order valence-corrected chi connectivity index (χ2v) is 5.49. The van der Waals surface area contributed by atoms with E-state index in [0.717, 1.165) is 9.86 Å². The zero-order chi connectivity index (χ0) is 15.6. The molecule has 2 aromatic rings. The van der Waals surface area contributed by atoms with Crippen LogP contribution in [0.5, 0.6) is 0 Å². The lowest BCUT2D eigenvalue weighted by molar-refractivity contribution is -0.139. The molecule has 7 heteroatoms. The predicted molar refractivity (Wildman–Crippen MR) is 79.2 cm³/mol. The lowest BCUT2D eigenvalue weighted by Gasteiger charge is -2.12. The normalized spacial score (nSPS) is 12.3. The first kappa shape index (κ1) is 15.5. The Morgan fingerprint density at radius 2 is 2.14 bits per heavy atom. The van der Waals surface area contributed by atoms with Gasteiger partial charge in [0.25, 0.3) is 5.91 Å². The summed E-state index contributed by atoms with van der Waals surface area (Å²) in [5.41, 5.74) is 1.19. The zero-order valence-electron chi connectivity index (χ0n) is 11.2. The number of hydrogen-bond acceptors (Lipinski definition) is 4. The molecule has 1 aromatic carbocycles. The van der Waals surface area contributed by atoms with Gasteiger partial charge in [0.1, 0.15) is 11.6 Å². The van der Waals surface area contributed by atoms with Gasteiger partial charge in [-0.2, -0.15) is 0 Å². The Labute approximate surface area is 128 Å². The van der Waals surface area contributed by atoms with Gasteiger partial charge in [0, 0.05) is 28.5 Å². The number of fused-ring (bicyclic) bond motifs is 1. The molecule has 1 amide bonds. The molecular formula is C14H14BrNO5. The molecule has 21 heavy (non-hydrogen) atoms.